The lowest BCUT2D eigenvalue weighted by atomic mass is 10.1. The first-order chi connectivity index (χ1) is 9.04. The van der Waals surface area contributed by atoms with Crippen molar-refractivity contribution in [1.82, 2.24) is 5.32 Å². The van der Waals surface area contributed by atoms with Crippen LogP contribution in [0.4, 0.5) is 5.69 Å². The third-order valence-electron chi connectivity index (χ3n) is 3.02. The molecule has 1 fully saturated rings. The fourth-order valence-corrected chi connectivity index (χ4v) is 2.65. The van der Waals surface area contributed by atoms with Crippen LogP contribution in [-0.2, 0) is 4.79 Å². The molecule has 1 amide bonds. The predicted molar refractivity (Wildman–Crippen MR) is 75.4 cm³/mol. The molecule has 102 valence electrons. The second kappa shape index (κ2) is 6.16. The number of carbonyl (C=O) groups excluding carboxylic acids is 1. The number of halogens is 1. The zero-order valence-corrected chi connectivity index (χ0v) is 11.9. The molecule has 0 aromatic heterocycles. The number of hydrogen-bond donors (Lipinski definition) is 3. The van der Waals surface area contributed by atoms with Gasteiger partial charge in [-0.3, -0.25) is 4.79 Å². The lowest BCUT2D eigenvalue weighted by Crippen LogP contribution is -2.27. The van der Waals surface area contributed by atoms with Gasteiger partial charge in [0.1, 0.15) is 0 Å². The Morgan fingerprint density at radius 1 is 1.42 bits per heavy atom. The van der Waals surface area contributed by atoms with E-state index in [-0.39, 0.29) is 17.5 Å². The Hall–Kier alpha value is -1.40. The summed E-state index contributed by atoms with van der Waals surface area (Å²) in [5, 5.41) is 14.9. The quantitative estimate of drug-likeness (QED) is 0.792. The molecular weight excluding hydrogens is 312 g/mol. The van der Waals surface area contributed by atoms with Crippen LogP contribution in [0.2, 0.25) is 0 Å². The fraction of sp³-hybridized carbons (Fsp3) is 0.385. The lowest BCUT2D eigenvalue weighted by Gasteiger charge is -2.11. The minimum Gasteiger partial charge on any atom is -0.478 e. The van der Waals surface area contributed by atoms with E-state index in [1.165, 1.54) is 12.1 Å². The zero-order valence-electron chi connectivity index (χ0n) is 10.3. The topological polar surface area (TPSA) is 78.4 Å². The van der Waals surface area contributed by atoms with Gasteiger partial charge in [0.2, 0.25) is 5.91 Å². The Morgan fingerprint density at radius 3 is 2.84 bits per heavy atom. The van der Waals surface area contributed by atoms with Gasteiger partial charge in [0, 0.05) is 22.6 Å². The first-order valence-electron chi connectivity index (χ1n) is 6.12. The molecule has 1 aliphatic heterocycles. The molecule has 0 radical (unpaired) electrons. The van der Waals surface area contributed by atoms with Crippen molar-refractivity contribution in [3.63, 3.8) is 0 Å². The average Bonchev–Trinajstić information content (AvgIpc) is 2.80. The molecule has 1 unspecified atom stereocenters. The SMILES string of the molecule is O=C(CC1CCCN1)Nc1cc(Br)cc(C(=O)O)c1. The van der Waals surface area contributed by atoms with Crippen LogP contribution < -0.4 is 10.6 Å². The van der Waals surface area contributed by atoms with Gasteiger partial charge in [0.05, 0.1) is 5.56 Å². The normalized spacial score (nSPS) is 18.3. The second-order valence-electron chi connectivity index (χ2n) is 4.58. The summed E-state index contributed by atoms with van der Waals surface area (Å²) in [6.45, 7) is 0.956. The van der Waals surface area contributed by atoms with Crippen molar-refractivity contribution >= 4 is 33.5 Å². The molecule has 6 heteroatoms. The standard InChI is InChI=1S/C13H15BrN2O3/c14-9-4-8(13(18)19)5-11(6-9)16-12(17)7-10-2-1-3-15-10/h4-6,10,15H,1-3,7H2,(H,16,17)(H,18,19). The highest BCUT2D eigenvalue weighted by Crippen LogP contribution is 2.20. The lowest BCUT2D eigenvalue weighted by molar-refractivity contribution is -0.116. The number of benzene rings is 1. The van der Waals surface area contributed by atoms with E-state index in [0.29, 0.717) is 16.6 Å². The van der Waals surface area contributed by atoms with Crippen molar-refractivity contribution in [3.8, 4) is 0 Å². The summed E-state index contributed by atoms with van der Waals surface area (Å²) in [7, 11) is 0. The van der Waals surface area contributed by atoms with E-state index < -0.39 is 5.97 Å². The van der Waals surface area contributed by atoms with Gasteiger partial charge >= 0.3 is 5.97 Å². The van der Waals surface area contributed by atoms with Crippen LogP contribution in [0.15, 0.2) is 22.7 Å². The summed E-state index contributed by atoms with van der Waals surface area (Å²) >= 11 is 3.23. The molecule has 1 aromatic carbocycles. The molecule has 1 aromatic rings. The number of anilines is 1. The van der Waals surface area contributed by atoms with Crippen LogP contribution in [-0.4, -0.2) is 29.6 Å². The summed E-state index contributed by atoms with van der Waals surface area (Å²) in [6, 6.07) is 4.86. The number of carboxylic acid groups (broad SMARTS) is 1. The van der Waals surface area contributed by atoms with Crippen molar-refractivity contribution in [2.45, 2.75) is 25.3 Å². The number of amides is 1. The number of aromatic carboxylic acids is 1. The smallest absolute Gasteiger partial charge is 0.335 e. The molecule has 1 saturated heterocycles. The minimum atomic E-state index is -1.02. The van der Waals surface area contributed by atoms with E-state index in [9.17, 15) is 9.59 Å². The molecule has 2 rings (SSSR count). The third-order valence-corrected chi connectivity index (χ3v) is 3.48. The number of rotatable bonds is 4. The molecule has 0 saturated carbocycles. The molecule has 19 heavy (non-hydrogen) atoms. The zero-order chi connectivity index (χ0) is 13.8. The van der Waals surface area contributed by atoms with Gasteiger partial charge in [0.15, 0.2) is 0 Å². The molecule has 0 aliphatic carbocycles. The van der Waals surface area contributed by atoms with E-state index >= 15 is 0 Å². The van der Waals surface area contributed by atoms with E-state index in [4.69, 9.17) is 5.11 Å². The van der Waals surface area contributed by atoms with Crippen LogP contribution in [0.3, 0.4) is 0 Å². The van der Waals surface area contributed by atoms with E-state index in [0.717, 1.165) is 19.4 Å². The van der Waals surface area contributed by atoms with Gasteiger partial charge in [-0.2, -0.15) is 0 Å². The van der Waals surface area contributed by atoms with Crippen molar-refractivity contribution in [2.75, 3.05) is 11.9 Å². The summed E-state index contributed by atoms with van der Waals surface area (Å²) < 4.78 is 0.627. The van der Waals surface area contributed by atoms with Gasteiger partial charge in [-0.25, -0.2) is 4.79 Å². The molecule has 5 nitrogen and oxygen atoms in total. The van der Waals surface area contributed by atoms with Crippen LogP contribution in [0.5, 0.6) is 0 Å². The van der Waals surface area contributed by atoms with Crippen LogP contribution in [0, 0.1) is 0 Å². The van der Waals surface area contributed by atoms with Gasteiger partial charge in [-0.15, -0.1) is 0 Å². The molecule has 1 atom stereocenters. The Kier molecular flexibility index (Phi) is 4.55. The second-order valence-corrected chi connectivity index (χ2v) is 5.49. The Labute approximate surface area is 119 Å². The Balaban J connectivity index is 2.01. The average molecular weight is 327 g/mol. The van der Waals surface area contributed by atoms with Gasteiger partial charge in [0.25, 0.3) is 0 Å². The molecule has 3 N–H and O–H groups in total. The maximum atomic E-state index is 11.8. The highest BCUT2D eigenvalue weighted by molar-refractivity contribution is 9.10. The van der Waals surface area contributed by atoms with E-state index in [1.54, 1.807) is 6.07 Å². The predicted octanol–water partition coefficient (Wildman–Crippen LogP) is 2.23. The summed E-state index contributed by atoms with van der Waals surface area (Å²) in [5.74, 6) is -1.12. The van der Waals surface area contributed by atoms with Crippen LogP contribution in [0.25, 0.3) is 0 Å². The molecular formula is C13H15BrN2O3. The van der Waals surface area contributed by atoms with Crippen LogP contribution in [0.1, 0.15) is 29.6 Å². The number of nitrogens with one attached hydrogen (secondary N) is 2. The first-order valence-corrected chi connectivity index (χ1v) is 6.91. The van der Waals surface area contributed by atoms with Gasteiger partial charge in [-0.05, 0) is 37.6 Å². The summed E-state index contributed by atoms with van der Waals surface area (Å²) in [5.41, 5.74) is 0.637. The number of carboxylic acids is 1. The summed E-state index contributed by atoms with van der Waals surface area (Å²) in [6.07, 6.45) is 2.51. The number of carbonyl (C=O) groups is 2. The summed E-state index contributed by atoms with van der Waals surface area (Å²) in [4.78, 5) is 22.8. The maximum absolute atomic E-state index is 11.8. The largest absolute Gasteiger partial charge is 0.478 e. The Bertz CT molecular complexity index is 499. The highest BCUT2D eigenvalue weighted by atomic mass is 79.9. The van der Waals surface area contributed by atoms with Gasteiger partial charge < -0.3 is 15.7 Å². The molecule has 0 bridgehead atoms. The van der Waals surface area contributed by atoms with Crippen molar-refractivity contribution < 1.29 is 14.7 Å². The number of hydrogen-bond acceptors (Lipinski definition) is 3. The monoisotopic (exact) mass is 326 g/mol. The third kappa shape index (κ3) is 4.04. The van der Waals surface area contributed by atoms with Gasteiger partial charge in [-0.1, -0.05) is 15.9 Å². The van der Waals surface area contributed by atoms with Crippen molar-refractivity contribution in [2.24, 2.45) is 0 Å². The Morgan fingerprint density at radius 2 is 2.21 bits per heavy atom. The van der Waals surface area contributed by atoms with Crippen molar-refractivity contribution in [1.29, 1.82) is 0 Å². The molecule has 1 aliphatic rings. The van der Waals surface area contributed by atoms with Crippen molar-refractivity contribution in [3.05, 3.63) is 28.2 Å². The highest BCUT2D eigenvalue weighted by Gasteiger charge is 2.18. The maximum Gasteiger partial charge on any atom is 0.335 e. The fourth-order valence-electron chi connectivity index (χ4n) is 2.15. The van der Waals surface area contributed by atoms with E-state index in [2.05, 4.69) is 26.6 Å². The minimum absolute atomic E-state index is 0.103. The first kappa shape index (κ1) is 14.0. The van der Waals surface area contributed by atoms with E-state index in [1.807, 2.05) is 0 Å². The molecule has 0 spiro atoms. The molecule has 1 heterocycles. The van der Waals surface area contributed by atoms with Crippen LogP contribution >= 0.6 is 15.9 Å².